The number of nitrogens with zero attached hydrogens (tertiary/aromatic N) is 3. The van der Waals surface area contributed by atoms with Gasteiger partial charge in [0, 0.05) is 14.1 Å². The van der Waals surface area contributed by atoms with Crippen LogP contribution in [0, 0.1) is 0 Å². The maximum absolute atomic E-state index is 11.1. The highest BCUT2D eigenvalue weighted by Gasteiger charge is 2.05. The topological polar surface area (TPSA) is 94.9 Å². The van der Waals surface area contributed by atoms with E-state index in [0.717, 1.165) is 9.25 Å². The second kappa shape index (κ2) is 2.78. The van der Waals surface area contributed by atoms with Crippen LogP contribution < -0.4 is 22.5 Å². The average molecular weight is 171 g/mol. The lowest BCUT2D eigenvalue weighted by molar-refractivity contribution is 0.605. The summed E-state index contributed by atoms with van der Waals surface area (Å²) in [7, 11) is 2.79. The lowest BCUT2D eigenvalue weighted by Gasteiger charge is -2.03. The number of hydrogen-bond acceptors (Lipinski definition) is 5. The predicted octanol–water partition coefficient (Wildman–Crippen LogP) is -2.24. The quantitative estimate of drug-likeness (QED) is 0.368. The highest BCUT2D eigenvalue weighted by atomic mass is 16.2. The molecular weight excluding hydrogens is 162 g/mol. The van der Waals surface area contributed by atoms with Gasteiger partial charge < -0.3 is 5.43 Å². The maximum Gasteiger partial charge on any atom is 0.346 e. The van der Waals surface area contributed by atoms with Crippen molar-refractivity contribution >= 4 is 5.82 Å². The Morgan fingerprint density at radius 2 is 2.00 bits per heavy atom. The minimum atomic E-state index is -0.541. The molecule has 0 unspecified atom stereocenters. The summed E-state index contributed by atoms with van der Waals surface area (Å²) in [6.45, 7) is 0. The molecule has 3 N–H and O–H groups in total. The molecule has 0 atom stereocenters. The number of rotatable bonds is 1. The molecule has 0 fully saturated rings. The van der Waals surface area contributed by atoms with Crippen LogP contribution in [0.2, 0.25) is 0 Å². The third kappa shape index (κ3) is 1.10. The lowest BCUT2D eigenvalue weighted by atomic mass is 10.7. The molecule has 7 nitrogen and oxygen atoms in total. The Hall–Kier alpha value is -1.63. The van der Waals surface area contributed by atoms with E-state index in [1.54, 1.807) is 0 Å². The molecule has 0 bridgehead atoms. The van der Waals surface area contributed by atoms with Crippen LogP contribution in [-0.2, 0) is 14.1 Å². The maximum atomic E-state index is 11.1. The molecule has 1 aromatic heterocycles. The highest BCUT2D eigenvalue weighted by Crippen LogP contribution is 1.81. The molecular formula is C5H9N5O2. The SMILES string of the molecule is Cn1nc(NN)c(=O)n(C)c1=O. The fourth-order valence-corrected chi connectivity index (χ4v) is 0.789. The third-order valence-corrected chi connectivity index (χ3v) is 1.46. The summed E-state index contributed by atoms with van der Waals surface area (Å²) >= 11 is 0. The molecule has 12 heavy (non-hydrogen) atoms. The Bertz CT molecular complexity index is 403. The van der Waals surface area contributed by atoms with E-state index in [4.69, 9.17) is 5.84 Å². The first-order valence-electron chi connectivity index (χ1n) is 3.19. The molecule has 1 heterocycles. The molecule has 0 amide bonds. The van der Waals surface area contributed by atoms with Crippen LogP contribution in [0.4, 0.5) is 5.82 Å². The molecule has 0 aromatic carbocycles. The monoisotopic (exact) mass is 171 g/mol. The van der Waals surface area contributed by atoms with Gasteiger partial charge in [-0.1, -0.05) is 0 Å². The van der Waals surface area contributed by atoms with Crippen LogP contribution in [0.1, 0.15) is 0 Å². The number of nitrogens with two attached hydrogens (primary N) is 1. The summed E-state index contributed by atoms with van der Waals surface area (Å²) in [5.74, 6) is 4.94. The molecule has 0 aliphatic heterocycles. The molecule has 0 saturated carbocycles. The summed E-state index contributed by atoms with van der Waals surface area (Å²) in [6, 6.07) is 0. The van der Waals surface area contributed by atoms with Gasteiger partial charge in [-0.15, -0.1) is 5.10 Å². The molecule has 0 aliphatic rings. The summed E-state index contributed by atoms with van der Waals surface area (Å²) in [4.78, 5) is 22.2. The first kappa shape index (κ1) is 8.47. The Labute approximate surface area is 67.4 Å². The van der Waals surface area contributed by atoms with Crippen LogP contribution in [0.3, 0.4) is 0 Å². The summed E-state index contributed by atoms with van der Waals surface area (Å²) in [5.41, 5.74) is 1.07. The lowest BCUT2D eigenvalue weighted by Crippen LogP contribution is -2.40. The molecule has 0 saturated heterocycles. The summed E-state index contributed by atoms with van der Waals surface area (Å²) in [6.07, 6.45) is 0. The van der Waals surface area contributed by atoms with Gasteiger partial charge in [0.15, 0.2) is 0 Å². The summed E-state index contributed by atoms with van der Waals surface area (Å²) in [5, 5.41) is 3.59. The zero-order valence-electron chi connectivity index (χ0n) is 6.74. The first-order valence-corrected chi connectivity index (χ1v) is 3.19. The van der Waals surface area contributed by atoms with E-state index in [9.17, 15) is 9.59 Å². The van der Waals surface area contributed by atoms with Crippen molar-refractivity contribution in [1.29, 1.82) is 0 Å². The van der Waals surface area contributed by atoms with Crippen molar-refractivity contribution < 1.29 is 0 Å². The van der Waals surface area contributed by atoms with E-state index < -0.39 is 11.2 Å². The Kier molecular flexibility index (Phi) is 1.96. The number of anilines is 1. The zero-order chi connectivity index (χ0) is 9.30. The first-order chi connectivity index (χ1) is 5.57. The Morgan fingerprint density at radius 3 is 2.50 bits per heavy atom. The molecule has 7 heteroatoms. The van der Waals surface area contributed by atoms with E-state index in [2.05, 4.69) is 10.5 Å². The fraction of sp³-hybridized carbons (Fsp3) is 0.400. The molecule has 1 aromatic rings. The Morgan fingerprint density at radius 1 is 1.42 bits per heavy atom. The smallest absolute Gasteiger partial charge is 0.302 e. The standard InChI is InChI=1S/C5H9N5O2/c1-9-4(11)3(7-6)8-10(2)5(9)12/h6H2,1-2H3,(H,7,8). The van der Waals surface area contributed by atoms with Crippen LogP contribution in [-0.4, -0.2) is 14.3 Å². The third-order valence-electron chi connectivity index (χ3n) is 1.46. The van der Waals surface area contributed by atoms with Crippen LogP contribution >= 0.6 is 0 Å². The van der Waals surface area contributed by atoms with Crippen molar-refractivity contribution in [3.63, 3.8) is 0 Å². The normalized spacial score (nSPS) is 9.92. The van der Waals surface area contributed by atoms with Crippen molar-refractivity contribution in [2.24, 2.45) is 19.9 Å². The number of hydrogen-bond donors (Lipinski definition) is 2. The molecule has 0 spiro atoms. The van der Waals surface area contributed by atoms with Gasteiger partial charge >= 0.3 is 5.69 Å². The average Bonchev–Trinajstić information content (AvgIpc) is 2.08. The van der Waals surface area contributed by atoms with Gasteiger partial charge in [0.2, 0.25) is 5.82 Å². The van der Waals surface area contributed by atoms with Gasteiger partial charge in [-0.25, -0.2) is 15.3 Å². The van der Waals surface area contributed by atoms with Gasteiger partial charge in [0.1, 0.15) is 0 Å². The van der Waals surface area contributed by atoms with Crippen LogP contribution in [0.5, 0.6) is 0 Å². The second-order valence-electron chi connectivity index (χ2n) is 2.26. The zero-order valence-corrected chi connectivity index (χ0v) is 6.74. The van der Waals surface area contributed by atoms with E-state index in [1.165, 1.54) is 14.1 Å². The second-order valence-corrected chi connectivity index (χ2v) is 2.26. The van der Waals surface area contributed by atoms with E-state index in [0.29, 0.717) is 0 Å². The van der Waals surface area contributed by atoms with Gasteiger partial charge in [-0.2, -0.15) is 0 Å². The predicted molar refractivity (Wildman–Crippen MR) is 42.5 cm³/mol. The van der Waals surface area contributed by atoms with Gasteiger partial charge in [-0.05, 0) is 0 Å². The van der Waals surface area contributed by atoms with Crippen molar-refractivity contribution in [1.82, 2.24) is 14.3 Å². The van der Waals surface area contributed by atoms with Crippen molar-refractivity contribution in [3.05, 3.63) is 20.8 Å². The van der Waals surface area contributed by atoms with Crippen molar-refractivity contribution in [2.45, 2.75) is 0 Å². The number of nitrogen functional groups attached to an aromatic ring is 1. The van der Waals surface area contributed by atoms with Gasteiger partial charge in [0.25, 0.3) is 5.56 Å². The van der Waals surface area contributed by atoms with Gasteiger partial charge in [-0.3, -0.25) is 9.36 Å². The number of nitrogens with one attached hydrogen (secondary N) is 1. The van der Waals surface area contributed by atoms with Crippen molar-refractivity contribution in [3.8, 4) is 0 Å². The summed E-state index contributed by atoms with van der Waals surface area (Å²) < 4.78 is 1.94. The fourth-order valence-electron chi connectivity index (χ4n) is 0.789. The minimum absolute atomic E-state index is 0.0559. The number of hydrazine groups is 1. The van der Waals surface area contributed by atoms with Gasteiger partial charge in [0.05, 0.1) is 0 Å². The Balaban J connectivity index is 3.61. The van der Waals surface area contributed by atoms with Crippen LogP contribution in [0.15, 0.2) is 9.59 Å². The molecule has 0 radical (unpaired) electrons. The molecule has 1 rings (SSSR count). The van der Waals surface area contributed by atoms with Crippen LogP contribution in [0.25, 0.3) is 0 Å². The largest absolute Gasteiger partial charge is 0.346 e. The van der Waals surface area contributed by atoms with Crippen molar-refractivity contribution in [2.75, 3.05) is 5.43 Å². The highest BCUT2D eigenvalue weighted by molar-refractivity contribution is 5.26. The number of aromatic nitrogens is 3. The molecule has 66 valence electrons. The van der Waals surface area contributed by atoms with E-state index in [-0.39, 0.29) is 5.82 Å². The van der Waals surface area contributed by atoms with E-state index in [1.807, 2.05) is 0 Å². The number of aryl methyl sites for hydroxylation is 1. The minimum Gasteiger partial charge on any atom is -0.302 e. The van der Waals surface area contributed by atoms with E-state index >= 15 is 0 Å². The molecule has 0 aliphatic carbocycles.